The lowest BCUT2D eigenvalue weighted by Crippen LogP contribution is -2.12. The molecule has 0 amide bonds. The van der Waals surface area contributed by atoms with Crippen LogP contribution in [0.2, 0.25) is 0 Å². The molecule has 0 saturated heterocycles. The lowest BCUT2D eigenvalue weighted by molar-refractivity contribution is 0.730. The summed E-state index contributed by atoms with van der Waals surface area (Å²) in [7, 11) is 2.02. The highest BCUT2D eigenvalue weighted by atomic mass is 32.2. The van der Waals surface area contributed by atoms with Gasteiger partial charge in [-0.3, -0.25) is 9.20 Å². The number of rotatable bonds is 5. The standard InChI is InChI=1S/C19H17N5OS2/c1-23-17(15-10-14(15)12-5-3-2-4-6-12)21-22-19(23)27-11-13-9-16(25)24-7-8-26-18(24)20-13/h2-9,14-15H,10-11H2,1H3/t14-,15+/m1/s1. The first kappa shape index (κ1) is 16.7. The fourth-order valence-electron chi connectivity index (χ4n) is 3.42. The minimum atomic E-state index is -0.0424. The van der Waals surface area contributed by atoms with Crippen LogP contribution in [0.15, 0.2) is 57.9 Å². The third kappa shape index (κ3) is 3.08. The summed E-state index contributed by atoms with van der Waals surface area (Å²) >= 11 is 3.03. The zero-order valence-electron chi connectivity index (χ0n) is 14.6. The third-order valence-electron chi connectivity index (χ3n) is 4.92. The lowest BCUT2D eigenvalue weighted by Gasteiger charge is -2.04. The molecule has 0 radical (unpaired) electrons. The smallest absolute Gasteiger partial charge is 0.258 e. The highest BCUT2D eigenvalue weighted by molar-refractivity contribution is 7.98. The molecule has 2 atom stereocenters. The first-order valence-corrected chi connectivity index (χ1v) is 10.6. The summed E-state index contributed by atoms with van der Waals surface area (Å²) < 4.78 is 3.64. The van der Waals surface area contributed by atoms with Crippen molar-refractivity contribution in [1.29, 1.82) is 0 Å². The number of fused-ring (bicyclic) bond motifs is 1. The first-order valence-electron chi connectivity index (χ1n) is 8.73. The Kier molecular flexibility index (Phi) is 4.09. The normalized spacial score (nSPS) is 18.9. The number of thioether (sulfide) groups is 1. The molecule has 1 fully saturated rings. The second-order valence-corrected chi connectivity index (χ2v) is 8.50. The van der Waals surface area contributed by atoms with Crippen molar-refractivity contribution in [3.05, 3.63) is 75.4 Å². The van der Waals surface area contributed by atoms with E-state index in [1.807, 2.05) is 18.5 Å². The summed E-state index contributed by atoms with van der Waals surface area (Å²) in [5.74, 6) is 2.61. The van der Waals surface area contributed by atoms with Gasteiger partial charge in [0.15, 0.2) is 10.1 Å². The van der Waals surface area contributed by atoms with Crippen LogP contribution in [0, 0.1) is 0 Å². The van der Waals surface area contributed by atoms with Crippen molar-refractivity contribution in [3.63, 3.8) is 0 Å². The number of thiazole rings is 1. The van der Waals surface area contributed by atoms with Gasteiger partial charge in [-0.25, -0.2) is 4.98 Å². The van der Waals surface area contributed by atoms with Gasteiger partial charge in [-0.1, -0.05) is 42.1 Å². The molecular formula is C19H17N5OS2. The molecule has 3 aromatic heterocycles. The SMILES string of the molecule is Cn1c(SCc2cc(=O)n3ccsc3n2)nnc1[C@H]1C[C@@H]1c1ccccc1. The van der Waals surface area contributed by atoms with E-state index in [0.717, 1.165) is 28.1 Å². The zero-order chi connectivity index (χ0) is 18.4. The first-order chi connectivity index (χ1) is 13.2. The minimum Gasteiger partial charge on any atom is -0.309 e. The average Bonchev–Trinajstić information content (AvgIpc) is 3.16. The molecule has 5 rings (SSSR count). The van der Waals surface area contributed by atoms with Crippen LogP contribution < -0.4 is 5.56 Å². The van der Waals surface area contributed by atoms with Gasteiger partial charge in [0.2, 0.25) is 0 Å². The molecule has 0 aliphatic heterocycles. The maximum Gasteiger partial charge on any atom is 0.258 e. The van der Waals surface area contributed by atoms with Crippen LogP contribution in [0.4, 0.5) is 0 Å². The molecule has 6 nitrogen and oxygen atoms in total. The van der Waals surface area contributed by atoms with Crippen molar-refractivity contribution >= 4 is 28.1 Å². The second kappa shape index (κ2) is 6.61. The Morgan fingerprint density at radius 3 is 2.93 bits per heavy atom. The molecule has 0 spiro atoms. The van der Waals surface area contributed by atoms with Crippen LogP contribution in [-0.4, -0.2) is 24.1 Å². The van der Waals surface area contributed by atoms with E-state index in [-0.39, 0.29) is 5.56 Å². The van der Waals surface area contributed by atoms with E-state index in [1.54, 1.807) is 28.4 Å². The van der Waals surface area contributed by atoms with Crippen molar-refractivity contribution in [2.24, 2.45) is 7.05 Å². The van der Waals surface area contributed by atoms with Crippen molar-refractivity contribution in [2.45, 2.75) is 29.2 Å². The average molecular weight is 396 g/mol. The minimum absolute atomic E-state index is 0.0424. The summed E-state index contributed by atoms with van der Waals surface area (Å²) in [6, 6.07) is 12.2. The Labute approximate surface area is 163 Å². The van der Waals surface area contributed by atoms with Gasteiger partial charge in [-0.15, -0.1) is 21.5 Å². The van der Waals surface area contributed by atoms with E-state index in [2.05, 4.69) is 44.0 Å². The molecule has 1 aliphatic rings. The van der Waals surface area contributed by atoms with Gasteiger partial charge < -0.3 is 4.57 Å². The Balaban J connectivity index is 1.31. The van der Waals surface area contributed by atoms with E-state index in [0.29, 0.717) is 17.6 Å². The van der Waals surface area contributed by atoms with Crippen LogP contribution in [0.3, 0.4) is 0 Å². The van der Waals surface area contributed by atoms with E-state index < -0.39 is 0 Å². The molecule has 1 aliphatic carbocycles. The molecule has 0 N–H and O–H groups in total. The van der Waals surface area contributed by atoms with Crippen molar-refractivity contribution < 1.29 is 0 Å². The second-order valence-electron chi connectivity index (χ2n) is 6.69. The van der Waals surface area contributed by atoms with Gasteiger partial charge in [0.25, 0.3) is 5.56 Å². The molecule has 27 heavy (non-hydrogen) atoms. The van der Waals surface area contributed by atoms with Crippen molar-refractivity contribution in [1.82, 2.24) is 24.1 Å². The van der Waals surface area contributed by atoms with E-state index in [9.17, 15) is 4.79 Å². The number of hydrogen-bond acceptors (Lipinski definition) is 6. The molecule has 1 aromatic carbocycles. The highest BCUT2D eigenvalue weighted by Crippen LogP contribution is 2.54. The van der Waals surface area contributed by atoms with Gasteiger partial charge in [0, 0.05) is 36.4 Å². The Morgan fingerprint density at radius 1 is 1.22 bits per heavy atom. The quantitative estimate of drug-likeness (QED) is 0.484. The highest BCUT2D eigenvalue weighted by Gasteiger charge is 2.42. The van der Waals surface area contributed by atoms with E-state index >= 15 is 0 Å². The number of benzene rings is 1. The molecule has 0 unspecified atom stereocenters. The lowest BCUT2D eigenvalue weighted by atomic mass is 10.1. The summed E-state index contributed by atoms with van der Waals surface area (Å²) in [4.78, 5) is 17.4. The zero-order valence-corrected chi connectivity index (χ0v) is 16.3. The molecule has 136 valence electrons. The van der Waals surface area contributed by atoms with Crippen LogP contribution in [-0.2, 0) is 12.8 Å². The van der Waals surface area contributed by atoms with Crippen LogP contribution in [0.25, 0.3) is 4.96 Å². The summed E-state index contributed by atoms with van der Waals surface area (Å²) in [5, 5.41) is 11.5. The maximum absolute atomic E-state index is 12.1. The summed E-state index contributed by atoms with van der Waals surface area (Å²) in [6.45, 7) is 0. The predicted molar refractivity (Wildman–Crippen MR) is 106 cm³/mol. The van der Waals surface area contributed by atoms with Gasteiger partial charge in [-0.05, 0) is 17.9 Å². The Bertz CT molecular complexity index is 1160. The van der Waals surface area contributed by atoms with Crippen molar-refractivity contribution in [3.8, 4) is 0 Å². The molecule has 0 bridgehead atoms. The molecule has 3 heterocycles. The fraction of sp³-hybridized carbons (Fsp3) is 0.263. The number of hydrogen-bond donors (Lipinski definition) is 0. The van der Waals surface area contributed by atoms with Gasteiger partial charge in [0.05, 0.1) is 5.69 Å². The van der Waals surface area contributed by atoms with E-state index in [4.69, 9.17) is 0 Å². The van der Waals surface area contributed by atoms with Gasteiger partial charge in [-0.2, -0.15) is 0 Å². The van der Waals surface area contributed by atoms with Crippen molar-refractivity contribution in [2.75, 3.05) is 0 Å². The Morgan fingerprint density at radius 2 is 2.07 bits per heavy atom. The molecular weight excluding hydrogens is 378 g/mol. The third-order valence-corrected chi connectivity index (χ3v) is 6.73. The van der Waals surface area contributed by atoms with Gasteiger partial charge in [0.1, 0.15) is 5.82 Å². The topological polar surface area (TPSA) is 65.1 Å². The van der Waals surface area contributed by atoms with Crippen LogP contribution >= 0.6 is 23.1 Å². The largest absolute Gasteiger partial charge is 0.309 e. The number of nitrogens with zero attached hydrogens (tertiary/aromatic N) is 5. The summed E-state index contributed by atoms with van der Waals surface area (Å²) in [5.41, 5.74) is 2.10. The Hall–Kier alpha value is -2.45. The molecule has 4 aromatic rings. The molecule has 1 saturated carbocycles. The molecule has 8 heteroatoms. The fourth-order valence-corrected chi connectivity index (χ4v) is 4.97. The maximum atomic E-state index is 12.1. The van der Waals surface area contributed by atoms with Gasteiger partial charge >= 0.3 is 0 Å². The summed E-state index contributed by atoms with van der Waals surface area (Å²) in [6.07, 6.45) is 2.87. The van der Waals surface area contributed by atoms with Crippen LogP contribution in [0.1, 0.15) is 35.3 Å². The number of aromatic nitrogens is 5. The van der Waals surface area contributed by atoms with E-state index in [1.165, 1.54) is 16.9 Å². The van der Waals surface area contributed by atoms with Crippen LogP contribution in [0.5, 0.6) is 0 Å². The monoisotopic (exact) mass is 395 g/mol. The predicted octanol–water partition coefficient (Wildman–Crippen LogP) is 3.45.